The second-order valence-corrected chi connectivity index (χ2v) is 1.62. The maximum absolute atomic E-state index is 9.77. The first kappa shape index (κ1) is 8.17. The summed E-state index contributed by atoms with van der Waals surface area (Å²) in [5.41, 5.74) is 0. The molecule has 1 atom stereocenters. The normalized spacial score (nSPS) is 15.1. The number of aliphatic hydroxyl groups is 2. The lowest BCUT2D eigenvalue weighted by Crippen LogP contribution is -2.10. The molecule has 0 aliphatic carbocycles. The molecule has 0 spiro atoms. The van der Waals surface area contributed by atoms with Gasteiger partial charge in [0.25, 0.3) is 0 Å². The maximum atomic E-state index is 9.77. The molecule has 0 radical (unpaired) electrons. The molecule has 3 heteroatoms. The van der Waals surface area contributed by atoms with Crippen molar-refractivity contribution in [3.05, 3.63) is 11.8 Å². The molecule has 2 N–H and O–H groups in total. The first-order valence-corrected chi connectivity index (χ1v) is 2.74. The zero-order valence-corrected chi connectivity index (χ0v) is 5.24. The molecule has 0 rings (SSSR count). The Kier molecular flexibility index (Phi) is 3.71. The van der Waals surface area contributed by atoms with E-state index in [1.807, 2.05) is 0 Å². The minimum atomic E-state index is -1.34. The third-order valence-electron chi connectivity index (χ3n) is 0.845. The van der Waals surface area contributed by atoms with Crippen molar-refractivity contribution >= 4 is 6.29 Å². The number of hydrogen-bond donors (Lipinski definition) is 2. The summed E-state index contributed by atoms with van der Waals surface area (Å²) in [5.74, 6) is -0.271. The lowest BCUT2D eigenvalue weighted by atomic mass is 10.3. The van der Waals surface area contributed by atoms with Crippen LogP contribution in [-0.2, 0) is 4.79 Å². The van der Waals surface area contributed by atoms with Crippen LogP contribution in [0.3, 0.4) is 0 Å². The average Bonchev–Trinajstić information content (AvgIpc) is 1.87. The number of rotatable bonds is 3. The van der Waals surface area contributed by atoms with Crippen molar-refractivity contribution in [2.24, 2.45) is 0 Å². The Morgan fingerprint density at radius 2 is 2.33 bits per heavy atom. The number of hydrogen-bond acceptors (Lipinski definition) is 3. The van der Waals surface area contributed by atoms with E-state index in [1.165, 1.54) is 6.08 Å². The summed E-state index contributed by atoms with van der Waals surface area (Å²) in [6, 6.07) is 0. The van der Waals surface area contributed by atoms with Gasteiger partial charge < -0.3 is 10.2 Å². The van der Waals surface area contributed by atoms with Crippen molar-refractivity contribution < 1.29 is 15.0 Å². The van der Waals surface area contributed by atoms with Crippen molar-refractivity contribution in [3.8, 4) is 0 Å². The van der Waals surface area contributed by atoms with Crippen molar-refractivity contribution in [2.75, 3.05) is 0 Å². The molecule has 52 valence electrons. The van der Waals surface area contributed by atoms with Gasteiger partial charge in [0.15, 0.2) is 12.4 Å². The molecular formula is C6H10O3. The number of allylic oxidation sites excluding steroid dienone is 1. The zero-order valence-electron chi connectivity index (χ0n) is 5.24. The lowest BCUT2D eigenvalue weighted by molar-refractivity contribution is -0.114. The van der Waals surface area contributed by atoms with Crippen LogP contribution in [0.15, 0.2) is 11.8 Å². The van der Waals surface area contributed by atoms with Crippen molar-refractivity contribution in [3.63, 3.8) is 0 Å². The highest BCUT2D eigenvalue weighted by Gasteiger charge is 2.04. The molecule has 0 aliphatic rings. The van der Waals surface area contributed by atoms with Gasteiger partial charge in [0, 0.05) is 0 Å². The van der Waals surface area contributed by atoms with Crippen LogP contribution in [0.5, 0.6) is 0 Å². The Morgan fingerprint density at radius 3 is 2.67 bits per heavy atom. The van der Waals surface area contributed by atoms with Gasteiger partial charge in [-0.05, 0) is 12.5 Å². The summed E-state index contributed by atoms with van der Waals surface area (Å²) in [5, 5.41) is 17.3. The molecular weight excluding hydrogens is 120 g/mol. The Hall–Kier alpha value is -0.830. The van der Waals surface area contributed by atoms with E-state index in [0.717, 1.165) is 0 Å². The number of carbonyl (C=O) groups excluding carboxylic acids is 1. The van der Waals surface area contributed by atoms with Crippen LogP contribution in [0.25, 0.3) is 0 Å². The molecule has 1 unspecified atom stereocenters. The van der Waals surface area contributed by atoms with Crippen LogP contribution in [0.4, 0.5) is 0 Å². The summed E-state index contributed by atoms with van der Waals surface area (Å²) < 4.78 is 0. The van der Waals surface area contributed by atoms with E-state index in [9.17, 15) is 4.79 Å². The fourth-order valence-electron chi connectivity index (χ4n) is 0.400. The number of aliphatic hydroxyl groups excluding tert-OH is 2. The van der Waals surface area contributed by atoms with Gasteiger partial charge in [-0.2, -0.15) is 0 Å². The molecule has 0 aromatic rings. The molecule has 3 nitrogen and oxygen atoms in total. The molecule has 0 saturated heterocycles. The fraction of sp³-hybridized carbons (Fsp3) is 0.500. The lowest BCUT2D eigenvalue weighted by Gasteiger charge is -1.98. The van der Waals surface area contributed by atoms with Crippen molar-refractivity contribution in [1.29, 1.82) is 0 Å². The molecule has 9 heavy (non-hydrogen) atoms. The van der Waals surface area contributed by atoms with Gasteiger partial charge in [0.2, 0.25) is 0 Å². The molecule has 0 fully saturated rings. The molecule has 0 aromatic heterocycles. The number of aldehydes is 1. The van der Waals surface area contributed by atoms with E-state index in [0.29, 0.717) is 6.42 Å². The largest absolute Gasteiger partial charge is 0.509 e. The third kappa shape index (κ3) is 2.87. The predicted molar refractivity (Wildman–Crippen MR) is 33.1 cm³/mol. The predicted octanol–water partition coefficient (Wildman–Crippen LogP) is 0.398. The van der Waals surface area contributed by atoms with E-state index >= 15 is 0 Å². The smallest absolute Gasteiger partial charge is 0.165 e. The summed E-state index contributed by atoms with van der Waals surface area (Å²) in [4.78, 5) is 9.77. The average molecular weight is 130 g/mol. The second-order valence-electron chi connectivity index (χ2n) is 1.62. The Bertz CT molecular complexity index is 117. The second kappa shape index (κ2) is 4.09. The molecule has 0 bridgehead atoms. The zero-order chi connectivity index (χ0) is 7.28. The SMILES string of the molecule is CC/C=C(\O)C(O)C=O. The highest BCUT2D eigenvalue weighted by atomic mass is 16.3. The maximum Gasteiger partial charge on any atom is 0.165 e. The topological polar surface area (TPSA) is 57.5 Å². The van der Waals surface area contributed by atoms with E-state index < -0.39 is 6.10 Å². The van der Waals surface area contributed by atoms with Gasteiger partial charge in [0.1, 0.15) is 5.76 Å². The van der Waals surface area contributed by atoms with Crippen LogP contribution < -0.4 is 0 Å². The minimum absolute atomic E-state index is 0.271. The molecule has 0 amide bonds. The van der Waals surface area contributed by atoms with Crippen LogP contribution in [0.2, 0.25) is 0 Å². The highest BCUT2D eigenvalue weighted by molar-refractivity contribution is 5.59. The summed E-state index contributed by atoms with van der Waals surface area (Å²) >= 11 is 0. The summed E-state index contributed by atoms with van der Waals surface area (Å²) in [6.45, 7) is 1.80. The third-order valence-corrected chi connectivity index (χ3v) is 0.845. The van der Waals surface area contributed by atoms with Crippen LogP contribution in [-0.4, -0.2) is 22.6 Å². The standard InChI is InChI=1S/C6H10O3/c1-2-3-5(8)6(9)4-7/h3-4,6,8-9H,2H2,1H3/b5-3-. The van der Waals surface area contributed by atoms with Gasteiger partial charge >= 0.3 is 0 Å². The highest BCUT2D eigenvalue weighted by Crippen LogP contribution is 1.95. The van der Waals surface area contributed by atoms with Crippen LogP contribution in [0, 0.1) is 0 Å². The Balaban J connectivity index is 3.84. The summed E-state index contributed by atoms with van der Waals surface area (Å²) in [7, 11) is 0. The van der Waals surface area contributed by atoms with Crippen LogP contribution >= 0.6 is 0 Å². The molecule has 0 saturated carbocycles. The molecule has 0 aliphatic heterocycles. The van der Waals surface area contributed by atoms with Crippen LogP contribution in [0.1, 0.15) is 13.3 Å². The quantitative estimate of drug-likeness (QED) is 0.429. The van der Waals surface area contributed by atoms with E-state index in [-0.39, 0.29) is 12.0 Å². The molecule has 0 aromatic carbocycles. The van der Waals surface area contributed by atoms with Crippen molar-refractivity contribution in [1.82, 2.24) is 0 Å². The van der Waals surface area contributed by atoms with Crippen molar-refractivity contribution in [2.45, 2.75) is 19.4 Å². The Morgan fingerprint density at radius 1 is 1.78 bits per heavy atom. The first-order valence-electron chi connectivity index (χ1n) is 2.74. The van der Waals surface area contributed by atoms with Gasteiger partial charge in [-0.3, -0.25) is 4.79 Å². The minimum Gasteiger partial charge on any atom is -0.509 e. The fourth-order valence-corrected chi connectivity index (χ4v) is 0.400. The van der Waals surface area contributed by atoms with Gasteiger partial charge in [-0.25, -0.2) is 0 Å². The summed E-state index contributed by atoms with van der Waals surface area (Å²) in [6.07, 6.45) is 0.932. The van der Waals surface area contributed by atoms with E-state index in [2.05, 4.69) is 0 Å². The van der Waals surface area contributed by atoms with E-state index in [4.69, 9.17) is 10.2 Å². The van der Waals surface area contributed by atoms with Gasteiger partial charge in [-0.1, -0.05) is 6.92 Å². The molecule has 0 heterocycles. The monoisotopic (exact) mass is 130 g/mol. The number of carbonyl (C=O) groups is 1. The van der Waals surface area contributed by atoms with Gasteiger partial charge in [-0.15, -0.1) is 0 Å². The van der Waals surface area contributed by atoms with Gasteiger partial charge in [0.05, 0.1) is 0 Å². The van der Waals surface area contributed by atoms with E-state index in [1.54, 1.807) is 6.92 Å². The Labute approximate surface area is 53.6 Å². The first-order chi connectivity index (χ1) is 4.22.